The lowest BCUT2D eigenvalue weighted by Crippen LogP contribution is -2.60. The van der Waals surface area contributed by atoms with Crippen molar-refractivity contribution >= 4 is 24.1 Å². The van der Waals surface area contributed by atoms with Crippen molar-refractivity contribution in [3.8, 4) is 0 Å². The average molecular weight is 476 g/mol. The van der Waals surface area contributed by atoms with Crippen LogP contribution in [0, 0.1) is 0 Å². The smallest absolute Gasteiger partial charge is 0.410 e. The first-order valence-electron chi connectivity index (χ1n) is 11.4. The van der Waals surface area contributed by atoms with Gasteiger partial charge in [-0.05, 0) is 45.6 Å². The molecule has 10 heteroatoms. The molecule has 0 saturated carbocycles. The number of amides is 3. The van der Waals surface area contributed by atoms with E-state index >= 15 is 0 Å². The lowest BCUT2D eigenvalue weighted by atomic mass is 10.1. The van der Waals surface area contributed by atoms with Crippen LogP contribution in [0.2, 0.25) is 0 Å². The molecule has 34 heavy (non-hydrogen) atoms. The second kappa shape index (κ2) is 10.8. The number of esters is 1. The van der Waals surface area contributed by atoms with Crippen molar-refractivity contribution in [1.82, 2.24) is 15.1 Å². The molecule has 2 aliphatic rings. The van der Waals surface area contributed by atoms with E-state index in [9.17, 15) is 19.2 Å². The minimum atomic E-state index is -1.10. The molecule has 2 fully saturated rings. The van der Waals surface area contributed by atoms with Crippen LogP contribution in [0.25, 0.3) is 0 Å². The zero-order valence-electron chi connectivity index (χ0n) is 20.1. The molecule has 1 aromatic carbocycles. The molecule has 186 valence electrons. The lowest BCUT2D eigenvalue weighted by Gasteiger charge is -2.38. The Hall–Kier alpha value is -3.30. The zero-order valence-corrected chi connectivity index (χ0v) is 20.1. The third-order valence-electron chi connectivity index (χ3n) is 5.82. The van der Waals surface area contributed by atoms with Crippen LogP contribution < -0.4 is 5.32 Å². The molecular formula is C24H33N3O7. The van der Waals surface area contributed by atoms with E-state index in [1.54, 1.807) is 20.8 Å². The summed E-state index contributed by atoms with van der Waals surface area (Å²) in [6, 6.07) is 7.19. The minimum absolute atomic E-state index is 0.0915. The Bertz CT molecular complexity index is 900. The van der Waals surface area contributed by atoms with Gasteiger partial charge in [0.2, 0.25) is 5.91 Å². The molecule has 1 N–H and O–H groups in total. The predicted molar refractivity (Wildman–Crippen MR) is 122 cm³/mol. The highest BCUT2D eigenvalue weighted by Gasteiger charge is 2.46. The first kappa shape index (κ1) is 25.3. The van der Waals surface area contributed by atoms with Gasteiger partial charge in [-0.3, -0.25) is 4.79 Å². The Morgan fingerprint density at radius 2 is 1.79 bits per heavy atom. The van der Waals surface area contributed by atoms with Gasteiger partial charge < -0.3 is 29.3 Å². The molecule has 0 bridgehead atoms. The standard InChI is InChI=1S/C24H33N3O7/c1-24(2,3)34-22(30)25-18-14-26(23(31)33-15-16-8-6-5-7-9-16)13-12-17-10-11-19(21(29)32-4)27(17)20(18)28/h5-9,17-19H,10-15H2,1-4H3,(H,25,30)/t17-,18?,19+/m1/s1. The molecule has 2 aliphatic heterocycles. The van der Waals surface area contributed by atoms with Crippen molar-refractivity contribution in [3.05, 3.63) is 35.9 Å². The van der Waals surface area contributed by atoms with Crippen LogP contribution in [0.4, 0.5) is 9.59 Å². The number of carbonyl (C=O) groups excluding carboxylic acids is 4. The number of methoxy groups -OCH3 is 1. The summed E-state index contributed by atoms with van der Waals surface area (Å²) in [5, 5.41) is 2.59. The molecule has 3 atom stereocenters. The number of nitrogens with one attached hydrogen (secondary N) is 1. The van der Waals surface area contributed by atoms with Crippen molar-refractivity contribution in [3.63, 3.8) is 0 Å². The summed E-state index contributed by atoms with van der Waals surface area (Å²) in [4.78, 5) is 54.1. The largest absolute Gasteiger partial charge is 0.467 e. The summed E-state index contributed by atoms with van der Waals surface area (Å²) < 4.78 is 15.7. The predicted octanol–water partition coefficient (Wildman–Crippen LogP) is 2.45. The molecule has 0 aromatic heterocycles. The van der Waals surface area contributed by atoms with Crippen LogP contribution in [-0.4, -0.2) is 77.8 Å². The number of hydrogen-bond donors (Lipinski definition) is 1. The van der Waals surface area contributed by atoms with Crippen LogP contribution in [0.1, 0.15) is 45.6 Å². The van der Waals surface area contributed by atoms with Gasteiger partial charge in [0.05, 0.1) is 13.7 Å². The van der Waals surface area contributed by atoms with Gasteiger partial charge in [-0.25, -0.2) is 14.4 Å². The minimum Gasteiger partial charge on any atom is -0.467 e. The molecule has 2 saturated heterocycles. The molecule has 1 aromatic rings. The highest BCUT2D eigenvalue weighted by atomic mass is 16.6. The van der Waals surface area contributed by atoms with E-state index < -0.39 is 41.7 Å². The highest BCUT2D eigenvalue weighted by Crippen LogP contribution is 2.30. The quantitative estimate of drug-likeness (QED) is 0.525. The summed E-state index contributed by atoms with van der Waals surface area (Å²) in [6.07, 6.45) is 0.176. The van der Waals surface area contributed by atoms with E-state index in [-0.39, 0.29) is 19.2 Å². The van der Waals surface area contributed by atoms with Gasteiger partial charge in [0.15, 0.2) is 0 Å². The molecule has 0 spiro atoms. The summed E-state index contributed by atoms with van der Waals surface area (Å²) in [7, 11) is 1.28. The molecule has 3 rings (SSSR count). The number of nitrogens with zero attached hydrogens (tertiary/aromatic N) is 2. The van der Waals surface area contributed by atoms with Crippen molar-refractivity contribution < 1.29 is 33.4 Å². The van der Waals surface area contributed by atoms with Crippen molar-refractivity contribution in [2.24, 2.45) is 0 Å². The van der Waals surface area contributed by atoms with Crippen molar-refractivity contribution in [1.29, 1.82) is 0 Å². The van der Waals surface area contributed by atoms with Crippen LogP contribution >= 0.6 is 0 Å². The maximum atomic E-state index is 13.5. The Morgan fingerprint density at radius 3 is 2.44 bits per heavy atom. The molecular weight excluding hydrogens is 442 g/mol. The topological polar surface area (TPSA) is 114 Å². The van der Waals surface area contributed by atoms with E-state index in [1.165, 1.54) is 16.9 Å². The van der Waals surface area contributed by atoms with Gasteiger partial charge in [-0.2, -0.15) is 0 Å². The fraction of sp³-hybridized carbons (Fsp3) is 0.583. The molecule has 1 unspecified atom stereocenters. The highest BCUT2D eigenvalue weighted by molar-refractivity contribution is 5.91. The Morgan fingerprint density at radius 1 is 1.09 bits per heavy atom. The molecule has 2 heterocycles. The van der Waals surface area contributed by atoms with E-state index in [0.29, 0.717) is 25.8 Å². The Kier molecular flexibility index (Phi) is 8.01. The first-order chi connectivity index (χ1) is 16.1. The second-order valence-corrected chi connectivity index (χ2v) is 9.49. The van der Waals surface area contributed by atoms with Gasteiger partial charge in [0.1, 0.15) is 24.3 Å². The number of benzene rings is 1. The van der Waals surface area contributed by atoms with E-state index in [1.807, 2.05) is 30.3 Å². The molecule has 0 radical (unpaired) electrons. The summed E-state index contributed by atoms with van der Waals surface area (Å²) >= 11 is 0. The average Bonchev–Trinajstić information content (AvgIpc) is 3.20. The van der Waals surface area contributed by atoms with Crippen LogP contribution in [-0.2, 0) is 30.4 Å². The maximum absolute atomic E-state index is 13.5. The molecule has 10 nitrogen and oxygen atoms in total. The number of carbonyl (C=O) groups is 4. The third kappa shape index (κ3) is 6.39. The van der Waals surface area contributed by atoms with Gasteiger partial charge in [-0.1, -0.05) is 30.3 Å². The fourth-order valence-electron chi connectivity index (χ4n) is 4.28. The Balaban J connectivity index is 1.78. The Labute approximate surface area is 199 Å². The molecule has 3 amide bonds. The number of alkyl carbamates (subject to hydrolysis) is 1. The van der Waals surface area contributed by atoms with Crippen LogP contribution in [0.5, 0.6) is 0 Å². The zero-order chi connectivity index (χ0) is 24.9. The van der Waals surface area contributed by atoms with Gasteiger partial charge in [0, 0.05) is 12.6 Å². The van der Waals surface area contributed by atoms with E-state index in [0.717, 1.165) is 5.56 Å². The SMILES string of the molecule is COC(=O)[C@@H]1CC[C@@H]2CCN(C(=O)OCc3ccccc3)CC(NC(=O)OC(C)(C)C)C(=O)N21. The van der Waals surface area contributed by atoms with Gasteiger partial charge >= 0.3 is 18.2 Å². The number of fused-ring (bicyclic) bond motifs is 1. The van der Waals surface area contributed by atoms with Crippen molar-refractivity contribution in [2.45, 2.75) is 70.4 Å². The summed E-state index contributed by atoms with van der Waals surface area (Å²) in [5.74, 6) is -0.948. The fourth-order valence-corrected chi connectivity index (χ4v) is 4.28. The van der Waals surface area contributed by atoms with Gasteiger partial charge in [0.25, 0.3) is 0 Å². The van der Waals surface area contributed by atoms with E-state index in [2.05, 4.69) is 5.32 Å². The second-order valence-electron chi connectivity index (χ2n) is 9.49. The monoisotopic (exact) mass is 475 g/mol. The number of hydrogen-bond acceptors (Lipinski definition) is 7. The van der Waals surface area contributed by atoms with Crippen molar-refractivity contribution in [2.75, 3.05) is 20.2 Å². The third-order valence-corrected chi connectivity index (χ3v) is 5.82. The van der Waals surface area contributed by atoms with Crippen LogP contribution in [0.3, 0.4) is 0 Å². The summed E-state index contributed by atoms with van der Waals surface area (Å²) in [5.41, 5.74) is 0.0682. The van der Waals surface area contributed by atoms with E-state index in [4.69, 9.17) is 14.2 Å². The first-order valence-corrected chi connectivity index (χ1v) is 11.4. The molecule has 0 aliphatic carbocycles. The lowest BCUT2D eigenvalue weighted by molar-refractivity contribution is -0.153. The van der Waals surface area contributed by atoms with Gasteiger partial charge in [-0.15, -0.1) is 0 Å². The normalized spacial score (nSPS) is 22.8. The maximum Gasteiger partial charge on any atom is 0.410 e. The number of rotatable bonds is 4. The van der Waals surface area contributed by atoms with Crippen LogP contribution in [0.15, 0.2) is 30.3 Å². The number of ether oxygens (including phenoxy) is 3. The summed E-state index contributed by atoms with van der Waals surface area (Å²) in [6.45, 7) is 5.43.